The van der Waals surface area contributed by atoms with E-state index in [1.54, 1.807) is 10.9 Å². The summed E-state index contributed by atoms with van der Waals surface area (Å²) in [4.78, 5) is 11.7. The number of hydrogen-bond acceptors (Lipinski definition) is 4. The maximum absolute atomic E-state index is 11.7. The molecule has 0 aliphatic heterocycles. The predicted molar refractivity (Wildman–Crippen MR) is 60.9 cm³/mol. The number of hydrogen-bond donors (Lipinski definition) is 1. The van der Waals surface area contributed by atoms with E-state index in [1.807, 2.05) is 26.1 Å². The molecule has 0 saturated carbocycles. The summed E-state index contributed by atoms with van der Waals surface area (Å²) in [7, 11) is 1.41. The summed E-state index contributed by atoms with van der Waals surface area (Å²) >= 11 is 0. The molecule has 0 saturated heterocycles. The first-order chi connectivity index (χ1) is 7.62. The van der Waals surface area contributed by atoms with Gasteiger partial charge in [-0.25, -0.2) is 0 Å². The van der Waals surface area contributed by atoms with E-state index in [4.69, 9.17) is 4.74 Å². The van der Waals surface area contributed by atoms with Crippen molar-refractivity contribution in [3.05, 3.63) is 18.5 Å². The van der Waals surface area contributed by atoms with Crippen LogP contribution in [-0.2, 0) is 16.1 Å². The molecule has 0 aliphatic carbocycles. The zero-order valence-electron chi connectivity index (χ0n) is 10.1. The van der Waals surface area contributed by atoms with Crippen molar-refractivity contribution in [3.8, 4) is 0 Å². The Morgan fingerprint density at radius 1 is 1.62 bits per heavy atom. The van der Waals surface area contributed by atoms with Gasteiger partial charge in [0, 0.05) is 18.9 Å². The second-order valence-corrected chi connectivity index (χ2v) is 3.87. The third-order valence-electron chi connectivity index (χ3n) is 2.60. The van der Waals surface area contributed by atoms with Crippen molar-refractivity contribution in [2.24, 2.45) is 0 Å². The Bertz CT molecular complexity index is 324. The van der Waals surface area contributed by atoms with E-state index >= 15 is 0 Å². The Balaban J connectivity index is 2.60. The van der Waals surface area contributed by atoms with Crippen LogP contribution < -0.4 is 5.32 Å². The van der Waals surface area contributed by atoms with Gasteiger partial charge in [0.2, 0.25) is 0 Å². The van der Waals surface area contributed by atoms with Crippen LogP contribution in [0.5, 0.6) is 0 Å². The molecule has 5 nitrogen and oxygen atoms in total. The molecule has 0 fully saturated rings. The Morgan fingerprint density at radius 3 is 2.88 bits per heavy atom. The molecule has 0 aliphatic rings. The Hall–Kier alpha value is -1.36. The van der Waals surface area contributed by atoms with Crippen LogP contribution in [0.3, 0.4) is 0 Å². The van der Waals surface area contributed by atoms with Gasteiger partial charge in [0.1, 0.15) is 5.54 Å². The SMILES string of the molecule is CCNC(C)(CCn1cccn1)C(=O)OC. The number of carbonyl (C=O) groups excluding carboxylic acids is 1. The predicted octanol–water partition coefficient (Wildman–Crippen LogP) is 0.814. The quantitative estimate of drug-likeness (QED) is 0.728. The molecule has 0 spiro atoms. The molecule has 1 heterocycles. The number of aryl methyl sites for hydroxylation is 1. The van der Waals surface area contributed by atoms with E-state index in [1.165, 1.54) is 7.11 Å². The standard InChI is InChI=1S/C11H19N3O2/c1-4-12-11(2,10(15)16-3)6-9-14-8-5-7-13-14/h5,7-8,12H,4,6,9H2,1-3H3. The van der Waals surface area contributed by atoms with Crippen LogP contribution in [-0.4, -0.2) is 34.9 Å². The van der Waals surface area contributed by atoms with Gasteiger partial charge in [-0.1, -0.05) is 6.92 Å². The number of carbonyl (C=O) groups is 1. The van der Waals surface area contributed by atoms with Crippen LogP contribution in [0.2, 0.25) is 0 Å². The summed E-state index contributed by atoms with van der Waals surface area (Å²) in [5, 5.41) is 7.26. The van der Waals surface area contributed by atoms with Crippen molar-refractivity contribution in [3.63, 3.8) is 0 Å². The van der Waals surface area contributed by atoms with Gasteiger partial charge < -0.3 is 10.1 Å². The minimum absolute atomic E-state index is 0.235. The maximum atomic E-state index is 11.7. The second-order valence-electron chi connectivity index (χ2n) is 3.87. The number of rotatable bonds is 6. The highest BCUT2D eigenvalue weighted by molar-refractivity contribution is 5.80. The molecule has 16 heavy (non-hydrogen) atoms. The monoisotopic (exact) mass is 225 g/mol. The first-order valence-corrected chi connectivity index (χ1v) is 5.43. The summed E-state index contributed by atoms with van der Waals surface area (Å²) in [5.41, 5.74) is -0.643. The molecule has 90 valence electrons. The van der Waals surface area contributed by atoms with Gasteiger partial charge in [0.25, 0.3) is 0 Å². The maximum Gasteiger partial charge on any atom is 0.325 e. The van der Waals surface area contributed by atoms with E-state index in [0.717, 1.165) is 6.54 Å². The highest BCUT2D eigenvalue weighted by Crippen LogP contribution is 2.13. The van der Waals surface area contributed by atoms with Gasteiger partial charge in [-0.15, -0.1) is 0 Å². The lowest BCUT2D eigenvalue weighted by Crippen LogP contribution is -2.50. The molecular weight excluding hydrogens is 206 g/mol. The minimum Gasteiger partial charge on any atom is -0.468 e. The van der Waals surface area contributed by atoms with Crippen molar-refractivity contribution in [2.45, 2.75) is 32.4 Å². The first-order valence-electron chi connectivity index (χ1n) is 5.43. The lowest BCUT2D eigenvalue weighted by molar-refractivity contribution is -0.148. The summed E-state index contributed by atoms with van der Waals surface area (Å²) < 4.78 is 6.61. The van der Waals surface area contributed by atoms with Gasteiger partial charge >= 0.3 is 5.97 Å². The average Bonchev–Trinajstić information content (AvgIpc) is 2.78. The van der Waals surface area contributed by atoms with Gasteiger partial charge in [0.05, 0.1) is 7.11 Å². The summed E-state index contributed by atoms with van der Waals surface area (Å²) in [6.07, 6.45) is 4.25. The topological polar surface area (TPSA) is 56.2 Å². The van der Waals surface area contributed by atoms with Crippen molar-refractivity contribution in [2.75, 3.05) is 13.7 Å². The third kappa shape index (κ3) is 3.06. The fraction of sp³-hybridized carbons (Fsp3) is 0.636. The number of ether oxygens (including phenoxy) is 1. The normalized spacial score (nSPS) is 14.4. The Morgan fingerprint density at radius 2 is 2.38 bits per heavy atom. The number of likely N-dealkylation sites (N-methyl/N-ethyl adjacent to an activating group) is 1. The third-order valence-corrected chi connectivity index (χ3v) is 2.60. The van der Waals surface area contributed by atoms with Gasteiger partial charge in [-0.05, 0) is 26.0 Å². The summed E-state index contributed by atoms with van der Waals surface area (Å²) in [6.45, 7) is 5.23. The number of nitrogens with zero attached hydrogens (tertiary/aromatic N) is 2. The molecule has 1 aromatic rings. The Kier molecular flexibility index (Phi) is 4.49. The van der Waals surface area contributed by atoms with Crippen molar-refractivity contribution in [1.82, 2.24) is 15.1 Å². The lowest BCUT2D eigenvalue weighted by Gasteiger charge is -2.27. The van der Waals surface area contributed by atoms with Crippen LogP contribution in [0.25, 0.3) is 0 Å². The highest BCUT2D eigenvalue weighted by atomic mass is 16.5. The van der Waals surface area contributed by atoms with Crippen molar-refractivity contribution >= 4 is 5.97 Å². The Labute approximate surface area is 95.8 Å². The fourth-order valence-corrected chi connectivity index (χ4v) is 1.65. The van der Waals surface area contributed by atoms with Gasteiger partial charge in [-0.3, -0.25) is 9.48 Å². The molecule has 0 amide bonds. The van der Waals surface area contributed by atoms with E-state index in [-0.39, 0.29) is 5.97 Å². The number of nitrogens with one attached hydrogen (secondary N) is 1. The highest BCUT2D eigenvalue weighted by Gasteiger charge is 2.32. The molecule has 5 heteroatoms. The fourth-order valence-electron chi connectivity index (χ4n) is 1.65. The van der Waals surface area contributed by atoms with E-state index < -0.39 is 5.54 Å². The van der Waals surface area contributed by atoms with Crippen molar-refractivity contribution < 1.29 is 9.53 Å². The largest absolute Gasteiger partial charge is 0.468 e. The first kappa shape index (κ1) is 12.7. The zero-order chi connectivity index (χ0) is 12.0. The molecule has 0 aromatic carbocycles. The van der Waals surface area contributed by atoms with Crippen LogP contribution in [0.4, 0.5) is 0 Å². The molecular formula is C11H19N3O2. The van der Waals surface area contributed by atoms with E-state index in [9.17, 15) is 4.79 Å². The average molecular weight is 225 g/mol. The minimum atomic E-state index is -0.643. The lowest BCUT2D eigenvalue weighted by atomic mass is 9.98. The zero-order valence-corrected chi connectivity index (χ0v) is 10.1. The molecule has 1 unspecified atom stereocenters. The molecule has 0 radical (unpaired) electrons. The molecule has 0 bridgehead atoms. The van der Waals surface area contributed by atoms with E-state index in [0.29, 0.717) is 13.0 Å². The number of esters is 1. The van der Waals surface area contributed by atoms with Crippen LogP contribution in [0.15, 0.2) is 18.5 Å². The number of methoxy groups -OCH3 is 1. The van der Waals surface area contributed by atoms with Crippen LogP contribution in [0, 0.1) is 0 Å². The summed E-state index contributed by atoms with van der Waals surface area (Å²) in [6, 6.07) is 1.86. The van der Waals surface area contributed by atoms with Crippen molar-refractivity contribution in [1.29, 1.82) is 0 Å². The van der Waals surface area contributed by atoms with Gasteiger partial charge in [-0.2, -0.15) is 5.10 Å². The number of aromatic nitrogens is 2. The van der Waals surface area contributed by atoms with E-state index in [2.05, 4.69) is 10.4 Å². The summed E-state index contributed by atoms with van der Waals surface area (Å²) in [5.74, 6) is -0.235. The smallest absolute Gasteiger partial charge is 0.325 e. The molecule has 1 atom stereocenters. The van der Waals surface area contributed by atoms with Gasteiger partial charge in [0.15, 0.2) is 0 Å². The second kappa shape index (κ2) is 5.65. The van der Waals surface area contributed by atoms with Crippen LogP contribution >= 0.6 is 0 Å². The molecule has 1 N–H and O–H groups in total. The molecule has 1 aromatic heterocycles. The van der Waals surface area contributed by atoms with Crippen LogP contribution in [0.1, 0.15) is 20.3 Å². The molecule has 1 rings (SSSR count).